The molecule has 2 amide bonds. The number of hydrogen-bond donors (Lipinski definition) is 1. The predicted octanol–water partition coefficient (Wildman–Crippen LogP) is 1.89. The van der Waals surface area contributed by atoms with Gasteiger partial charge in [0.25, 0.3) is 0 Å². The van der Waals surface area contributed by atoms with Crippen LogP contribution in [-0.2, 0) is 9.59 Å². The topological polar surface area (TPSA) is 79.0 Å². The van der Waals surface area contributed by atoms with Crippen molar-refractivity contribution >= 4 is 30.0 Å². The van der Waals surface area contributed by atoms with Crippen LogP contribution in [0.5, 0.6) is 5.75 Å². The molecule has 0 bridgehead atoms. The molecule has 0 radical (unpaired) electrons. The van der Waals surface area contributed by atoms with Crippen molar-refractivity contribution in [1.29, 1.82) is 0 Å². The van der Waals surface area contributed by atoms with E-state index in [1.54, 1.807) is 18.2 Å². The number of piperazine rings is 1. The maximum atomic E-state index is 12.6. The third kappa shape index (κ3) is 6.44. The molecule has 0 saturated carbocycles. The number of carbonyl (C=O) groups excluding carboxylic acids is 3. The lowest BCUT2D eigenvalue weighted by molar-refractivity contribution is -0.140. The zero-order valence-corrected chi connectivity index (χ0v) is 17.7. The number of ether oxygens (including phenoxy) is 1. The summed E-state index contributed by atoms with van der Waals surface area (Å²) >= 11 is 0. The Morgan fingerprint density at radius 3 is 2.86 bits per heavy atom. The van der Waals surface area contributed by atoms with Gasteiger partial charge >= 0.3 is 0 Å². The number of likely N-dealkylation sites (tertiary alicyclic amines) is 1. The van der Waals surface area contributed by atoms with Gasteiger partial charge in [-0.3, -0.25) is 14.4 Å². The van der Waals surface area contributed by atoms with E-state index in [9.17, 15) is 14.4 Å². The first-order valence-electron chi connectivity index (χ1n) is 10.1. The van der Waals surface area contributed by atoms with Crippen molar-refractivity contribution in [3.05, 3.63) is 29.8 Å². The van der Waals surface area contributed by atoms with Crippen molar-refractivity contribution in [1.82, 2.24) is 15.1 Å². The number of carbonyl (C=O) groups is 3. The Kier molecular flexibility index (Phi) is 8.92. The minimum Gasteiger partial charge on any atom is -0.494 e. The van der Waals surface area contributed by atoms with Crippen LogP contribution in [0, 0.1) is 0 Å². The summed E-state index contributed by atoms with van der Waals surface area (Å²) in [6.45, 7) is 5.28. The van der Waals surface area contributed by atoms with Crippen molar-refractivity contribution in [2.75, 3.05) is 39.3 Å². The Morgan fingerprint density at radius 1 is 1.28 bits per heavy atom. The first kappa shape index (κ1) is 23.2. The van der Waals surface area contributed by atoms with Crippen LogP contribution >= 0.6 is 12.4 Å². The zero-order chi connectivity index (χ0) is 19.9. The standard InChI is InChI=1S/C21H29N3O4.ClH/c1-16(25)17-5-2-7-19(13-17)28-12-4-8-20(26)23-10-3-6-18(15-23)24-11-9-22-14-21(24)27;/h2,5,7,13,18,22H,3-4,6,8-12,14-15H2,1H3;1H. The fraction of sp³-hybridized carbons (Fsp3) is 0.571. The first-order chi connectivity index (χ1) is 13.5. The first-order valence-corrected chi connectivity index (χ1v) is 10.1. The molecule has 0 aromatic heterocycles. The van der Waals surface area contributed by atoms with Gasteiger partial charge in [-0.1, -0.05) is 12.1 Å². The maximum Gasteiger partial charge on any atom is 0.236 e. The molecule has 29 heavy (non-hydrogen) atoms. The van der Waals surface area contributed by atoms with E-state index in [0.717, 1.165) is 32.5 Å². The zero-order valence-electron chi connectivity index (χ0n) is 16.9. The number of amides is 2. The Morgan fingerprint density at radius 2 is 2.10 bits per heavy atom. The number of nitrogens with one attached hydrogen (secondary N) is 1. The highest BCUT2D eigenvalue weighted by Crippen LogP contribution is 2.18. The fourth-order valence-electron chi connectivity index (χ4n) is 3.82. The van der Waals surface area contributed by atoms with Crippen LogP contribution < -0.4 is 10.1 Å². The average Bonchev–Trinajstić information content (AvgIpc) is 2.71. The average molecular weight is 424 g/mol. The fourth-order valence-corrected chi connectivity index (χ4v) is 3.82. The summed E-state index contributed by atoms with van der Waals surface area (Å²) in [5, 5.41) is 3.09. The molecule has 2 aliphatic rings. The van der Waals surface area contributed by atoms with Gasteiger partial charge in [0.2, 0.25) is 11.8 Å². The molecule has 7 nitrogen and oxygen atoms in total. The van der Waals surface area contributed by atoms with Gasteiger partial charge in [0, 0.05) is 44.2 Å². The summed E-state index contributed by atoms with van der Waals surface area (Å²) in [5.41, 5.74) is 0.621. The van der Waals surface area contributed by atoms with Gasteiger partial charge in [-0.05, 0) is 38.3 Å². The van der Waals surface area contributed by atoms with E-state index in [0.29, 0.717) is 43.9 Å². The molecule has 2 heterocycles. The second-order valence-electron chi connectivity index (χ2n) is 7.44. The van der Waals surface area contributed by atoms with Gasteiger partial charge in [0.05, 0.1) is 13.2 Å². The van der Waals surface area contributed by atoms with Crippen molar-refractivity contribution in [3.63, 3.8) is 0 Å². The highest BCUT2D eigenvalue weighted by atomic mass is 35.5. The van der Waals surface area contributed by atoms with Gasteiger partial charge < -0.3 is 19.9 Å². The van der Waals surface area contributed by atoms with Crippen molar-refractivity contribution < 1.29 is 19.1 Å². The third-order valence-corrected chi connectivity index (χ3v) is 5.36. The van der Waals surface area contributed by atoms with Crippen LogP contribution in [0.2, 0.25) is 0 Å². The van der Waals surface area contributed by atoms with Gasteiger partial charge in [-0.25, -0.2) is 0 Å². The molecule has 0 aliphatic carbocycles. The summed E-state index contributed by atoms with van der Waals surface area (Å²) in [6.07, 6.45) is 2.94. The van der Waals surface area contributed by atoms with E-state index in [-0.39, 0.29) is 36.0 Å². The summed E-state index contributed by atoms with van der Waals surface area (Å²) < 4.78 is 5.68. The smallest absolute Gasteiger partial charge is 0.236 e. The molecular formula is C21H30ClN3O4. The predicted molar refractivity (Wildman–Crippen MR) is 113 cm³/mol. The minimum absolute atomic E-state index is 0. The number of halogens is 1. The molecule has 1 N–H and O–H groups in total. The highest BCUT2D eigenvalue weighted by Gasteiger charge is 2.31. The number of ketones is 1. The summed E-state index contributed by atoms with van der Waals surface area (Å²) in [6, 6.07) is 7.23. The molecular weight excluding hydrogens is 394 g/mol. The van der Waals surface area contributed by atoms with Crippen LogP contribution in [0.1, 0.15) is 43.0 Å². The molecule has 2 aliphatic heterocycles. The Bertz CT molecular complexity index is 728. The van der Waals surface area contributed by atoms with Crippen molar-refractivity contribution in [3.8, 4) is 5.75 Å². The largest absolute Gasteiger partial charge is 0.494 e. The summed E-state index contributed by atoms with van der Waals surface area (Å²) in [7, 11) is 0. The van der Waals surface area contributed by atoms with Crippen LogP contribution in [-0.4, -0.2) is 72.8 Å². The van der Waals surface area contributed by atoms with E-state index in [1.807, 2.05) is 15.9 Å². The van der Waals surface area contributed by atoms with E-state index in [4.69, 9.17) is 4.74 Å². The monoisotopic (exact) mass is 423 g/mol. The molecule has 0 spiro atoms. The Hall–Kier alpha value is -2.12. The van der Waals surface area contributed by atoms with Crippen LogP contribution in [0.15, 0.2) is 24.3 Å². The molecule has 1 aromatic rings. The van der Waals surface area contributed by atoms with Gasteiger partial charge in [0.1, 0.15) is 5.75 Å². The molecule has 2 fully saturated rings. The number of rotatable bonds is 7. The molecule has 3 rings (SSSR count). The van der Waals surface area contributed by atoms with Gasteiger partial charge in [0.15, 0.2) is 5.78 Å². The molecule has 1 unspecified atom stereocenters. The summed E-state index contributed by atoms with van der Waals surface area (Å²) in [4.78, 5) is 39.9. The minimum atomic E-state index is 0. The van der Waals surface area contributed by atoms with E-state index < -0.39 is 0 Å². The normalized spacial score (nSPS) is 19.5. The Labute approximate surface area is 178 Å². The number of Topliss-reactive ketones (excluding diaryl/α,β-unsaturated/α-hetero) is 1. The number of hydrogen-bond acceptors (Lipinski definition) is 5. The summed E-state index contributed by atoms with van der Waals surface area (Å²) in [5.74, 6) is 0.902. The van der Waals surface area contributed by atoms with E-state index in [1.165, 1.54) is 6.92 Å². The maximum absolute atomic E-state index is 12.6. The third-order valence-electron chi connectivity index (χ3n) is 5.36. The SMILES string of the molecule is CC(=O)c1cccc(OCCCC(=O)N2CCCC(N3CCNCC3=O)C2)c1.Cl. The van der Waals surface area contributed by atoms with Gasteiger partial charge in [-0.2, -0.15) is 0 Å². The molecule has 160 valence electrons. The lowest BCUT2D eigenvalue weighted by atomic mass is 10.0. The second-order valence-corrected chi connectivity index (χ2v) is 7.44. The molecule has 8 heteroatoms. The van der Waals surface area contributed by atoms with Crippen molar-refractivity contribution in [2.24, 2.45) is 0 Å². The molecule has 1 aromatic carbocycles. The van der Waals surface area contributed by atoms with E-state index in [2.05, 4.69) is 5.32 Å². The second kappa shape index (κ2) is 11.2. The van der Waals surface area contributed by atoms with E-state index >= 15 is 0 Å². The van der Waals surface area contributed by atoms with Crippen LogP contribution in [0.3, 0.4) is 0 Å². The molecule has 1 atom stereocenters. The number of nitrogens with zero attached hydrogens (tertiary/aromatic N) is 2. The van der Waals surface area contributed by atoms with Crippen molar-refractivity contribution in [2.45, 2.75) is 38.6 Å². The van der Waals surface area contributed by atoms with Gasteiger partial charge in [-0.15, -0.1) is 12.4 Å². The lowest BCUT2D eigenvalue weighted by Crippen LogP contribution is -2.57. The van der Waals surface area contributed by atoms with Crippen LogP contribution in [0.4, 0.5) is 0 Å². The quantitative estimate of drug-likeness (QED) is 0.535. The number of benzene rings is 1. The number of piperidine rings is 1. The lowest BCUT2D eigenvalue weighted by Gasteiger charge is -2.41. The Balaban J connectivity index is 0.00000300. The molecule has 2 saturated heterocycles. The van der Waals surface area contributed by atoms with Crippen LogP contribution in [0.25, 0.3) is 0 Å². The highest BCUT2D eigenvalue weighted by molar-refractivity contribution is 5.94.